The summed E-state index contributed by atoms with van der Waals surface area (Å²) >= 11 is 0. The number of nitrogens with zero attached hydrogens (tertiary/aromatic N) is 3. The molecule has 3 rings (SSSR count). The van der Waals surface area contributed by atoms with Gasteiger partial charge in [0.25, 0.3) is 0 Å². The molecule has 32 heavy (non-hydrogen) atoms. The first-order valence-corrected chi connectivity index (χ1v) is 12.4. The normalized spacial score (nSPS) is 15.3. The molecule has 1 saturated heterocycles. The fourth-order valence-electron chi connectivity index (χ4n) is 3.58. The van der Waals surface area contributed by atoms with Crippen LogP contribution in [-0.2, 0) is 28.9 Å². The molecule has 2 N–H and O–H groups in total. The van der Waals surface area contributed by atoms with Gasteiger partial charge in [0.2, 0.25) is 10.0 Å². The van der Waals surface area contributed by atoms with Crippen molar-refractivity contribution in [2.45, 2.75) is 25.8 Å². The number of hydrogen-bond acceptors (Lipinski definition) is 4. The summed E-state index contributed by atoms with van der Waals surface area (Å²) < 4.78 is 25.7. The summed E-state index contributed by atoms with van der Waals surface area (Å²) in [7, 11) is -1.82. The minimum atomic E-state index is -3.26. The molecule has 0 unspecified atom stereocenters. The van der Waals surface area contributed by atoms with Crippen LogP contribution >= 0.6 is 24.0 Å². The fourth-order valence-corrected chi connectivity index (χ4v) is 4.36. The molecule has 1 aliphatic rings. The van der Waals surface area contributed by atoms with Gasteiger partial charge in [0, 0.05) is 39.3 Å². The third kappa shape index (κ3) is 8.34. The van der Waals surface area contributed by atoms with E-state index in [-0.39, 0.29) is 29.7 Å². The summed E-state index contributed by atoms with van der Waals surface area (Å²) in [6.07, 6.45) is 0. The quantitative estimate of drug-likeness (QED) is 0.290. The molecule has 2 aromatic carbocycles. The van der Waals surface area contributed by atoms with Gasteiger partial charge in [-0.1, -0.05) is 54.6 Å². The van der Waals surface area contributed by atoms with E-state index in [0.29, 0.717) is 6.54 Å². The topological polar surface area (TPSA) is 77.0 Å². The van der Waals surface area contributed by atoms with Crippen molar-refractivity contribution >= 4 is 40.0 Å². The number of halogens is 1. The number of guanidine groups is 1. The Morgan fingerprint density at radius 2 is 1.56 bits per heavy atom. The molecule has 1 heterocycles. The lowest BCUT2D eigenvalue weighted by molar-refractivity contribution is 0.172. The van der Waals surface area contributed by atoms with Gasteiger partial charge in [-0.3, -0.25) is 4.90 Å². The van der Waals surface area contributed by atoms with Crippen LogP contribution in [0.1, 0.15) is 23.6 Å². The summed E-state index contributed by atoms with van der Waals surface area (Å²) in [5, 5.41) is 3.41. The van der Waals surface area contributed by atoms with Crippen LogP contribution in [0.25, 0.3) is 0 Å². The van der Waals surface area contributed by atoms with Crippen molar-refractivity contribution in [1.29, 1.82) is 0 Å². The Labute approximate surface area is 209 Å². The predicted molar refractivity (Wildman–Crippen MR) is 142 cm³/mol. The third-order valence-electron chi connectivity index (χ3n) is 5.36. The first kappa shape index (κ1) is 26.6. The molecule has 0 aromatic heterocycles. The van der Waals surface area contributed by atoms with Crippen LogP contribution in [0.5, 0.6) is 0 Å². The van der Waals surface area contributed by atoms with Gasteiger partial charge in [0.15, 0.2) is 5.96 Å². The molecule has 0 bridgehead atoms. The monoisotopic (exact) mass is 571 g/mol. The Hall–Kier alpha value is -1.69. The SMILES string of the molecule is CCNC(=NCc1ccc(CS(=O)(=O)NC)cc1)N1CCN(Cc2ccccc2)CC1.I. The van der Waals surface area contributed by atoms with Gasteiger partial charge >= 0.3 is 0 Å². The van der Waals surface area contributed by atoms with Gasteiger partial charge < -0.3 is 10.2 Å². The van der Waals surface area contributed by atoms with Crippen LogP contribution in [0.2, 0.25) is 0 Å². The minimum Gasteiger partial charge on any atom is -0.357 e. The van der Waals surface area contributed by atoms with Crippen LogP contribution in [0.4, 0.5) is 0 Å². The molecular weight excluding hydrogens is 537 g/mol. The van der Waals surface area contributed by atoms with E-state index in [1.54, 1.807) is 0 Å². The maximum Gasteiger partial charge on any atom is 0.215 e. The molecule has 0 saturated carbocycles. The van der Waals surface area contributed by atoms with E-state index >= 15 is 0 Å². The second kappa shape index (κ2) is 13.1. The minimum absolute atomic E-state index is 0. The number of nitrogens with one attached hydrogen (secondary N) is 2. The molecule has 0 aliphatic carbocycles. The predicted octanol–water partition coefficient (Wildman–Crippen LogP) is 2.64. The van der Waals surface area contributed by atoms with E-state index < -0.39 is 10.0 Å². The highest BCUT2D eigenvalue weighted by Gasteiger charge is 2.19. The van der Waals surface area contributed by atoms with Gasteiger partial charge in [0.05, 0.1) is 12.3 Å². The Morgan fingerprint density at radius 3 is 2.16 bits per heavy atom. The van der Waals surface area contributed by atoms with E-state index in [1.807, 2.05) is 24.3 Å². The van der Waals surface area contributed by atoms with Crippen molar-refractivity contribution in [3.05, 3.63) is 71.3 Å². The Kier molecular flexibility index (Phi) is 10.9. The van der Waals surface area contributed by atoms with E-state index in [1.165, 1.54) is 12.6 Å². The molecule has 0 atom stereocenters. The van der Waals surface area contributed by atoms with Crippen LogP contribution < -0.4 is 10.0 Å². The molecule has 0 amide bonds. The van der Waals surface area contributed by atoms with Crippen molar-refractivity contribution in [2.24, 2.45) is 4.99 Å². The standard InChI is InChI=1S/C23H33N5O2S.HI/c1-3-25-23(26-17-20-9-11-22(12-10-20)19-31(29,30)24-2)28-15-13-27(14-16-28)18-21-7-5-4-6-8-21;/h4-12,24H,3,13-19H2,1-2H3,(H,25,26);1H. The van der Waals surface area contributed by atoms with E-state index in [9.17, 15) is 8.42 Å². The average molecular weight is 572 g/mol. The van der Waals surface area contributed by atoms with Crippen molar-refractivity contribution in [3.8, 4) is 0 Å². The zero-order valence-corrected chi connectivity index (χ0v) is 22.0. The molecule has 1 fully saturated rings. The molecule has 9 heteroatoms. The van der Waals surface area contributed by atoms with Gasteiger partial charge in [0.1, 0.15) is 0 Å². The number of aliphatic imine (C=N–C) groups is 1. The van der Waals surface area contributed by atoms with Crippen LogP contribution in [0, 0.1) is 0 Å². The fraction of sp³-hybridized carbons (Fsp3) is 0.435. The molecule has 0 radical (unpaired) electrons. The van der Waals surface area contributed by atoms with Gasteiger partial charge in [-0.2, -0.15) is 0 Å². The van der Waals surface area contributed by atoms with Crippen LogP contribution in [0.3, 0.4) is 0 Å². The largest absolute Gasteiger partial charge is 0.357 e. The summed E-state index contributed by atoms with van der Waals surface area (Å²) in [4.78, 5) is 9.62. The smallest absolute Gasteiger partial charge is 0.215 e. The second-order valence-corrected chi connectivity index (χ2v) is 9.63. The lowest BCUT2D eigenvalue weighted by atomic mass is 10.1. The third-order valence-corrected chi connectivity index (χ3v) is 6.69. The Morgan fingerprint density at radius 1 is 0.938 bits per heavy atom. The second-order valence-electron chi connectivity index (χ2n) is 7.70. The number of benzene rings is 2. The highest BCUT2D eigenvalue weighted by atomic mass is 127. The number of rotatable bonds is 8. The van der Waals surface area contributed by atoms with E-state index in [2.05, 4.69) is 57.1 Å². The maximum absolute atomic E-state index is 11.7. The summed E-state index contributed by atoms with van der Waals surface area (Å²) in [5.41, 5.74) is 3.18. The molecule has 2 aromatic rings. The molecule has 176 valence electrons. The molecule has 7 nitrogen and oxygen atoms in total. The zero-order valence-electron chi connectivity index (χ0n) is 18.8. The van der Waals surface area contributed by atoms with Gasteiger partial charge in [-0.25, -0.2) is 18.1 Å². The highest BCUT2D eigenvalue weighted by Crippen LogP contribution is 2.11. The Balaban J connectivity index is 0.00000363. The summed E-state index contributed by atoms with van der Waals surface area (Å²) in [6, 6.07) is 18.2. The number of sulfonamides is 1. The lowest BCUT2D eigenvalue weighted by Crippen LogP contribution is -2.52. The van der Waals surface area contributed by atoms with Gasteiger partial charge in [-0.05, 0) is 30.7 Å². The average Bonchev–Trinajstić information content (AvgIpc) is 2.79. The number of hydrogen-bond donors (Lipinski definition) is 2. The first-order chi connectivity index (χ1) is 15.0. The van der Waals surface area contributed by atoms with Crippen molar-refractivity contribution < 1.29 is 8.42 Å². The number of piperazine rings is 1. The molecular formula is C23H34IN5O2S. The first-order valence-electron chi connectivity index (χ1n) is 10.8. The summed E-state index contributed by atoms with van der Waals surface area (Å²) in [5.74, 6) is 0.923. The molecule has 0 spiro atoms. The van der Waals surface area contributed by atoms with Gasteiger partial charge in [-0.15, -0.1) is 24.0 Å². The van der Waals surface area contributed by atoms with Crippen molar-refractivity contribution in [2.75, 3.05) is 39.8 Å². The zero-order chi connectivity index (χ0) is 22.1. The van der Waals surface area contributed by atoms with Crippen molar-refractivity contribution in [1.82, 2.24) is 19.8 Å². The maximum atomic E-state index is 11.7. The molecule has 1 aliphatic heterocycles. The summed E-state index contributed by atoms with van der Waals surface area (Å²) in [6.45, 7) is 8.35. The van der Waals surface area contributed by atoms with Crippen LogP contribution in [0.15, 0.2) is 59.6 Å². The van der Waals surface area contributed by atoms with E-state index in [0.717, 1.165) is 56.4 Å². The lowest BCUT2D eigenvalue weighted by Gasteiger charge is -2.36. The van der Waals surface area contributed by atoms with E-state index in [4.69, 9.17) is 4.99 Å². The Bertz CT molecular complexity index is 944. The van der Waals surface area contributed by atoms with Crippen molar-refractivity contribution in [3.63, 3.8) is 0 Å². The van der Waals surface area contributed by atoms with Crippen LogP contribution in [-0.4, -0.2) is 63.9 Å². The highest BCUT2D eigenvalue weighted by molar-refractivity contribution is 14.0.